The molecule has 2 heterocycles. The molecule has 0 saturated carbocycles. The SMILES string of the molecule is O=C(COc1ccc(Cl)cc1Cl)Nc1nc(-c2cccs2)cs1. The van der Waals surface area contributed by atoms with Gasteiger partial charge in [-0.2, -0.15) is 0 Å². The number of hydrogen-bond donors (Lipinski definition) is 1. The zero-order valence-electron chi connectivity index (χ0n) is 11.6. The van der Waals surface area contributed by atoms with Gasteiger partial charge in [-0.3, -0.25) is 10.1 Å². The summed E-state index contributed by atoms with van der Waals surface area (Å²) in [4.78, 5) is 17.4. The summed E-state index contributed by atoms with van der Waals surface area (Å²) in [6.45, 7) is -0.157. The molecule has 3 rings (SSSR count). The van der Waals surface area contributed by atoms with Crippen LogP contribution in [-0.4, -0.2) is 17.5 Å². The van der Waals surface area contributed by atoms with E-state index in [0.717, 1.165) is 10.6 Å². The average molecular weight is 385 g/mol. The lowest BCUT2D eigenvalue weighted by atomic mass is 10.3. The topological polar surface area (TPSA) is 51.2 Å². The van der Waals surface area contributed by atoms with E-state index in [4.69, 9.17) is 27.9 Å². The molecule has 23 heavy (non-hydrogen) atoms. The summed E-state index contributed by atoms with van der Waals surface area (Å²) in [6, 6.07) is 8.77. The standard InChI is InChI=1S/C15H10Cl2N2O2S2/c16-9-3-4-12(10(17)6-9)21-7-14(20)19-15-18-11(8-23-15)13-2-1-5-22-13/h1-6,8H,7H2,(H,18,19,20). The summed E-state index contributed by atoms with van der Waals surface area (Å²) in [6.07, 6.45) is 0. The van der Waals surface area contributed by atoms with Gasteiger partial charge in [0.15, 0.2) is 11.7 Å². The maximum Gasteiger partial charge on any atom is 0.264 e. The second kappa shape index (κ2) is 7.31. The first-order chi connectivity index (χ1) is 11.1. The molecule has 4 nitrogen and oxygen atoms in total. The van der Waals surface area contributed by atoms with Crippen LogP contribution in [0.2, 0.25) is 10.0 Å². The van der Waals surface area contributed by atoms with E-state index in [9.17, 15) is 4.79 Å². The summed E-state index contributed by atoms with van der Waals surface area (Å²) >= 11 is 14.8. The molecule has 1 amide bonds. The van der Waals surface area contributed by atoms with Gasteiger partial charge in [0.1, 0.15) is 5.75 Å². The number of amides is 1. The Kier molecular flexibility index (Phi) is 5.17. The molecule has 0 atom stereocenters. The molecule has 0 aliphatic rings. The van der Waals surface area contributed by atoms with Crippen LogP contribution in [0.25, 0.3) is 10.6 Å². The van der Waals surface area contributed by atoms with E-state index in [1.165, 1.54) is 11.3 Å². The van der Waals surface area contributed by atoms with E-state index >= 15 is 0 Å². The lowest BCUT2D eigenvalue weighted by Crippen LogP contribution is -2.20. The highest BCUT2D eigenvalue weighted by Crippen LogP contribution is 2.29. The number of carbonyl (C=O) groups is 1. The molecule has 1 N–H and O–H groups in total. The maximum absolute atomic E-state index is 11.9. The zero-order chi connectivity index (χ0) is 16.2. The van der Waals surface area contributed by atoms with Crippen molar-refractivity contribution >= 4 is 56.9 Å². The van der Waals surface area contributed by atoms with Crippen molar-refractivity contribution in [3.8, 4) is 16.3 Å². The van der Waals surface area contributed by atoms with Gasteiger partial charge in [-0.25, -0.2) is 4.98 Å². The molecular formula is C15H10Cl2N2O2S2. The molecule has 0 aliphatic heterocycles. The quantitative estimate of drug-likeness (QED) is 0.657. The summed E-state index contributed by atoms with van der Waals surface area (Å²) in [5, 5.41) is 7.99. The smallest absolute Gasteiger partial charge is 0.264 e. The number of benzene rings is 1. The Bertz CT molecular complexity index is 819. The molecule has 0 fully saturated rings. The van der Waals surface area contributed by atoms with Crippen LogP contribution in [0.5, 0.6) is 5.75 Å². The van der Waals surface area contributed by atoms with Gasteiger partial charge in [-0.1, -0.05) is 29.3 Å². The molecule has 118 valence electrons. The van der Waals surface area contributed by atoms with Crippen molar-refractivity contribution < 1.29 is 9.53 Å². The minimum atomic E-state index is -0.303. The van der Waals surface area contributed by atoms with Gasteiger partial charge in [0.25, 0.3) is 5.91 Å². The third kappa shape index (κ3) is 4.23. The van der Waals surface area contributed by atoms with Gasteiger partial charge in [-0.15, -0.1) is 22.7 Å². The summed E-state index contributed by atoms with van der Waals surface area (Å²) < 4.78 is 5.38. The summed E-state index contributed by atoms with van der Waals surface area (Å²) in [5.74, 6) is 0.104. The fourth-order valence-electron chi connectivity index (χ4n) is 1.76. The molecule has 0 unspecified atom stereocenters. The molecule has 0 aliphatic carbocycles. The Morgan fingerprint density at radius 3 is 2.87 bits per heavy atom. The summed E-state index contributed by atoms with van der Waals surface area (Å²) in [7, 11) is 0. The predicted molar refractivity (Wildman–Crippen MR) is 96.0 cm³/mol. The van der Waals surface area contributed by atoms with Gasteiger partial charge >= 0.3 is 0 Å². The lowest BCUT2D eigenvalue weighted by Gasteiger charge is -2.07. The first-order valence-corrected chi connectivity index (χ1v) is 9.00. The van der Waals surface area contributed by atoms with Crippen molar-refractivity contribution in [2.45, 2.75) is 0 Å². The van der Waals surface area contributed by atoms with E-state index in [0.29, 0.717) is 20.9 Å². The van der Waals surface area contributed by atoms with Gasteiger partial charge in [-0.05, 0) is 29.6 Å². The summed E-state index contributed by atoms with van der Waals surface area (Å²) in [5.41, 5.74) is 0.849. The molecule has 2 aromatic heterocycles. The van der Waals surface area contributed by atoms with E-state index < -0.39 is 0 Å². The first-order valence-electron chi connectivity index (χ1n) is 6.49. The minimum Gasteiger partial charge on any atom is -0.482 e. The Morgan fingerprint density at radius 1 is 1.26 bits per heavy atom. The minimum absolute atomic E-state index is 0.157. The predicted octanol–water partition coefficient (Wildman–Crippen LogP) is 5.20. The molecule has 0 spiro atoms. The van der Waals surface area contributed by atoms with E-state index in [-0.39, 0.29) is 12.5 Å². The third-order valence-electron chi connectivity index (χ3n) is 2.78. The molecule has 8 heteroatoms. The fourth-order valence-corrected chi connectivity index (χ4v) is 3.71. The number of thiazole rings is 1. The van der Waals surface area contributed by atoms with Crippen molar-refractivity contribution in [1.29, 1.82) is 0 Å². The highest BCUT2D eigenvalue weighted by molar-refractivity contribution is 7.16. The molecule has 1 aromatic carbocycles. The van der Waals surface area contributed by atoms with Crippen LogP contribution in [0.15, 0.2) is 41.1 Å². The molecule has 0 saturated heterocycles. The van der Waals surface area contributed by atoms with E-state index in [2.05, 4.69) is 10.3 Å². The van der Waals surface area contributed by atoms with Crippen LogP contribution in [0, 0.1) is 0 Å². The number of halogens is 2. The third-order valence-corrected chi connectivity index (χ3v) is 4.96. The Balaban J connectivity index is 1.57. The lowest BCUT2D eigenvalue weighted by molar-refractivity contribution is -0.118. The van der Waals surface area contributed by atoms with E-state index in [1.807, 2.05) is 22.9 Å². The van der Waals surface area contributed by atoms with Gasteiger partial charge in [0, 0.05) is 10.4 Å². The molecular weight excluding hydrogens is 375 g/mol. The van der Waals surface area contributed by atoms with Crippen molar-refractivity contribution in [3.63, 3.8) is 0 Å². The maximum atomic E-state index is 11.9. The van der Waals surface area contributed by atoms with E-state index in [1.54, 1.807) is 29.5 Å². The number of aromatic nitrogens is 1. The number of hydrogen-bond acceptors (Lipinski definition) is 5. The second-order valence-electron chi connectivity index (χ2n) is 4.43. The number of nitrogens with zero attached hydrogens (tertiary/aromatic N) is 1. The molecule has 0 radical (unpaired) electrons. The highest BCUT2D eigenvalue weighted by atomic mass is 35.5. The van der Waals surface area contributed by atoms with Gasteiger partial charge < -0.3 is 4.74 Å². The highest BCUT2D eigenvalue weighted by Gasteiger charge is 2.10. The van der Waals surface area contributed by atoms with Crippen molar-refractivity contribution in [1.82, 2.24) is 4.98 Å². The average Bonchev–Trinajstić information content (AvgIpc) is 3.17. The first kappa shape index (κ1) is 16.3. The molecule has 3 aromatic rings. The number of anilines is 1. The largest absolute Gasteiger partial charge is 0.482 e. The number of carbonyl (C=O) groups excluding carboxylic acids is 1. The number of nitrogens with one attached hydrogen (secondary N) is 1. The van der Waals surface area contributed by atoms with Crippen molar-refractivity contribution in [2.75, 3.05) is 11.9 Å². The normalized spacial score (nSPS) is 10.5. The van der Waals surface area contributed by atoms with Crippen LogP contribution >= 0.6 is 45.9 Å². The van der Waals surface area contributed by atoms with Crippen LogP contribution in [0.1, 0.15) is 0 Å². The van der Waals surface area contributed by atoms with Crippen molar-refractivity contribution in [2.24, 2.45) is 0 Å². The van der Waals surface area contributed by atoms with Crippen LogP contribution in [-0.2, 0) is 4.79 Å². The Hall–Kier alpha value is -1.60. The molecule has 0 bridgehead atoms. The van der Waals surface area contributed by atoms with Crippen LogP contribution in [0.3, 0.4) is 0 Å². The number of ether oxygens (including phenoxy) is 1. The monoisotopic (exact) mass is 384 g/mol. The number of thiophene rings is 1. The fraction of sp³-hybridized carbons (Fsp3) is 0.0667. The van der Waals surface area contributed by atoms with Crippen molar-refractivity contribution in [3.05, 3.63) is 51.1 Å². The zero-order valence-corrected chi connectivity index (χ0v) is 14.7. The Morgan fingerprint density at radius 2 is 2.13 bits per heavy atom. The van der Waals surface area contributed by atoms with Crippen LogP contribution in [0.4, 0.5) is 5.13 Å². The number of rotatable bonds is 5. The Labute approximate surface area is 150 Å². The van der Waals surface area contributed by atoms with Crippen LogP contribution < -0.4 is 10.1 Å². The van der Waals surface area contributed by atoms with Gasteiger partial charge in [0.05, 0.1) is 15.6 Å². The second-order valence-corrected chi connectivity index (χ2v) is 7.08. The van der Waals surface area contributed by atoms with Gasteiger partial charge in [0.2, 0.25) is 0 Å².